The second kappa shape index (κ2) is 6.45. The van der Waals surface area contributed by atoms with Gasteiger partial charge in [0.2, 0.25) is 0 Å². The van der Waals surface area contributed by atoms with Crippen molar-refractivity contribution in [1.82, 2.24) is 0 Å². The fourth-order valence-electron chi connectivity index (χ4n) is 0.729. The van der Waals surface area contributed by atoms with Crippen molar-refractivity contribution in [1.29, 1.82) is 0 Å². The summed E-state index contributed by atoms with van der Waals surface area (Å²) in [6, 6.07) is 8.86. The Morgan fingerprint density at radius 1 is 1.00 bits per heavy atom. The molecular formula is C8H9FO6S2. The summed E-state index contributed by atoms with van der Waals surface area (Å²) in [6.45, 7) is 0. The lowest BCUT2D eigenvalue weighted by Crippen LogP contribution is -1.88. The Morgan fingerprint density at radius 2 is 1.41 bits per heavy atom. The highest BCUT2D eigenvalue weighted by Crippen LogP contribution is 2.01. The van der Waals surface area contributed by atoms with E-state index >= 15 is 0 Å². The molecule has 2 N–H and O–H groups in total. The number of hydrogen-bond donors (Lipinski definition) is 2. The van der Waals surface area contributed by atoms with E-state index in [0.29, 0.717) is 0 Å². The Hall–Kier alpha value is -1.29. The first-order valence-electron chi connectivity index (χ1n) is 3.95. The Morgan fingerprint density at radius 3 is 1.76 bits per heavy atom. The third kappa shape index (κ3) is 14.7. The summed E-state index contributed by atoms with van der Waals surface area (Å²) in [5.41, 5.74) is 0.732. The fraction of sp³-hybridized carbons (Fsp3) is 0. The van der Waals surface area contributed by atoms with Gasteiger partial charge in [0, 0.05) is 0 Å². The molecule has 0 aliphatic carbocycles. The first-order valence-corrected chi connectivity index (χ1v) is 6.80. The highest BCUT2D eigenvalue weighted by atomic mass is 32.3. The van der Waals surface area contributed by atoms with Crippen molar-refractivity contribution in [3.8, 4) is 0 Å². The van der Waals surface area contributed by atoms with Crippen molar-refractivity contribution in [2.24, 2.45) is 0 Å². The van der Waals surface area contributed by atoms with Gasteiger partial charge in [0.05, 0.1) is 5.41 Å². The standard InChI is InChI=1S/C8H8O3S.FHO3S/c9-12(10,11)7-6-8-4-2-1-3-5-8;1-5(2,3)4/h1-7H,(H,9,10,11);(H,2,3,4). The lowest BCUT2D eigenvalue weighted by molar-refractivity contribution is 0.435. The summed E-state index contributed by atoms with van der Waals surface area (Å²) in [6.07, 6.45) is 1.33. The molecule has 0 saturated heterocycles. The van der Waals surface area contributed by atoms with Crippen LogP contribution in [0.25, 0.3) is 6.08 Å². The van der Waals surface area contributed by atoms with E-state index in [9.17, 15) is 12.3 Å². The van der Waals surface area contributed by atoms with Crippen LogP contribution in [0.3, 0.4) is 0 Å². The molecule has 0 amide bonds. The monoisotopic (exact) mass is 284 g/mol. The smallest absolute Gasteiger partial charge is 0.282 e. The largest absolute Gasteiger partial charge is 0.435 e. The predicted molar refractivity (Wildman–Crippen MR) is 59.7 cm³/mol. The molecule has 9 heteroatoms. The number of benzene rings is 1. The number of halogens is 1. The van der Waals surface area contributed by atoms with Gasteiger partial charge in [-0.05, 0) is 11.6 Å². The van der Waals surface area contributed by atoms with Crippen LogP contribution in [-0.2, 0) is 20.6 Å². The highest BCUT2D eigenvalue weighted by Gasteiger charge is 1.94. The molecule has 0 spiro atoms. The van der Waals surface area contributed by atoms with Crippen molar-refractivity contribution < 1.29 is 29.8 Å². The van der Waals surface area contributed by atoms with Gasteiger partial charge in [0.25, 0.3) is 10.1 Å². The summed E-state index contributed by atoms with van der Waals surface area (Å²) in [5, 5.41) is 0.752. The molecule has 0 radical (unpaired) electrons. The molecule has 96 valence electrons. The molecule has 0 aliphatic rings. The van der Waals surface area contributed by atoms with Gasteiger partial charge in [-0.1, -0.05) is 34.2 Å². The first-order chi connectivity index (χ1) is 7.58. The van der Waals surface area contributed by atoms with Gasteiger partial charge in [0.15, 0.2) is 0 Å². The van der Waals surface area contributed by atoms with E-state index in [2.05, 4.69) is 0 Å². The number of hydrogen-bond acceptors (Lipinski definition) is 4. The summed E-state index contributed by atoms with van der Waals surface area (Å²) < 4.78 is 63.0. The maximum absolute atomic E-state index is 10.3. The summed E-state index contributed by atoms with van der Waals surface area (Å²) in [5.74, 6) is 0. The van der Waals surface area contributed by atoms with Crippen molar-refractivity contribution in [3.63, 3.8) is 0 Å². The van der Waals surface area contributed by atoms with E-state index < -0.39 is 20.6 Å². The minimum absolute atomic E-state index is 0.732. The average molecular weight is 284 g/mol. The molecule has 0 heterocycles. The molecule has 0 saturated carbocycles. The third-order valence-corrected chi connectivity index (χ3v) is 1.71. The zero-order chi connectivity index (χ0) is 13.5. The second-order valence-corrected chi connectivity index (χ2v) is 4.77. The minimum atomic E-state index is -5.17. The topological polar surface area (TPSA) is 109 Å². The molecule has 1 aromatic carbocycles. The normalized spacial score (nSPS) is 11.9. The second-order valence-electron chi connectivity index (χ2n) is 2.64. The van der Waals surface area contributed by atoms with Gasteiger partial charge in [-0.25, -0.2) is 0 Å². The van der Waals surface area contributed by atoms with Crippen LogP contribution >= 0.6 is 0 Å². The zero-order valence-electron chi connectivity index (χ0n) is 8.26. The van der Waals surface area contributed by atoms with Crippen LogP contribution in [0.1, 0.15) is 5.56 Å². The van der Waals surface area contributed by atoms with E-state index in [-0.39, 0.29) is 0 Å². The van der Waals surface area contributed by atoms with E-state index in [0.717, 1.165) is 11.0 Å². The van der Waals surface area contributed by atoms with Crippen molar-refractivity contribution in [3.05, 3.63) is 41.3 Å². The molecule has 0 bridgehead atoms. The van der Waals surface area contributed by atoms with E-state index in [1.54, 1.807) is 24.3 Å². The molecule has 0 atom stereocenters. The lowest BCUT2D eigenvalue weighted by atomic mass is 10.2. The van der Waals surface area contributed by atoms with E-state index in [1.807, 2.05) is 6.07 Å². The SMILES string of the molecule is O=S(=O)(O)C=Cc1ccccc1.O=S(=O)(O)F. The summed E-state index contributed by atoms with van der Waals surface area (Å²) >= 11 is 0. The molecule has 1 rings (SSSR count). The maximum atomic E-state index is 10.3. The Balaban J connectivity index is 0.000000437. The molecule has 17 heavy (non-hydrogen) atoms. The number of rotatable bonds is 2. The maximum Gasteiger partial charge on any atom is 0.435 e. The van der Waals surface area contributed by atoms with Gasteiger partial charge in [-0.15, -0.1) is 0 Å². The van der Waals surface area contributed by atoms with Gasteiger partial charge < -0.3 is 0 Å². The van der Waals surface area contributed by atoms with Gasteiger partial charge in [-0.3, -0.25) is 9.11 Å². The quantitative estimate of drug-likeness (QED) is 0.626. The third-order valence-electron chi connectivity index (χ3n) is 1.23. The molecule has 0 aromatic heterocycles. The van der Waals surface area contributed by atoms with Crippen molar-refractivity contribution in [2.45, 2.75) is 0 Å². The molecule has 0 fully saturated rings. The average Bonchev–Trinajstić information content (AvgIpc) is 2.13. The van der Waals surface area contributed by atoms with Gasteiger partial charge in [0.1, 0.15) is 0 Å². The Kier molecular flexibility index (Phi) is 5.96. The summed E-state index contributed by atoms with van der Waals surface area (Å²) in [7, 11) is -9.17. The minimum Gasteiger partial charge on any atom is -0.282 e. The van der Waals surface area contributed by atoms with Crippen LogP contribution in [0.5, 0.6) is 0 Å². The van der Waals surface area contributed by atoms with Crippen molar-refractivity contribution in [2.75, 3.05) is 0 Å². The zero-order valence-corrected chi connectivity index (χ0v) is 9.90. The molecule has 0 unspecified atom stereocenters. The first kappa shape index (κ1) is 15.7. The van der Waals surface area contributed by atoms with Crippen LogP contribution in [0.15, 0.2) is 35.7 Å². The van der Waals surface area contributed by atoms with Crippen LogP contribution in [-0.4, -0.2) is 25.9 Å². The fourth-order valence-corrected chi connectivity index (χ4v) is 1.06. The van der Waals surface area contributed by atoms with E-state index in [4.69, 9.17) is 17.5 Å². The van der Waals surface area contributed by atoms with Gasteiger partial charge >= 0.3 is 10.5 Å². The Bertz CT molecular complexity index is 553. The summed E-state index contributed by atoms with van der Waals surface area (Å²) in [4.78, 5) is 0. The molecule has 0 aliphatic heterocycles. The molecular weight excluding hydrogens is 275 g/mol. The predicted octanol–water partition coefficient (Wildman–Crippen LogP) is 1.30. The molecule has 1 aromatic rings. The van der Waals surface area contributed by atoms with Crippen LogP contribution < -0.4 is 0 Å². The van der Waals surface area contributed by atoms with Crippen molar-refractivity contribution >= 4 is 26.7 Å². The molecule has 6 nitrogen and oxygen atoms in total. The Labute approximate surface area is 98.2 Å². The van der Waals surface area contributed by atoms with E-state index in [1.165, 1.54) is 6.08 Å². The highest BCUT2D eigenvalue weighted by molar-refractivity contribution is 7.88. The van der Waals surface area contributed by atoms with Gasteiger partial charge in [-0.2, -0.15) is 16.8 Å². The van der Waals surface area contributed by atoms with Crippen LogP contribution in [0.4, 0.5) is 3.89 Å². The van der Waals surface area contributed by atoms with Crippen LogP contribution in [0, 0.1) is 0 Å². The van der Waals surface area contributed by atoms with Crippen LogP contribution in [0.2, 0.25) is 0 Å². The lowest BCUT2D eigenvalue weighted by Gasteiger charge is -1.89.